The zero-order valence-corrected chi connectivity index (χ0v) is 20.8. The van der Waals surface area contributed by atoms with Crippen molar-refractivity contribution in [1.29, 1.82) is 0 Å². The van der Waals surface area contributed by atoms with E-state index < -0.39 is 0 Å². The summed E-state index contributed by atoms with van der Waals surface area (Å²) in [4.78, 5) is 28.4. The van der Waals surface area contributed by atoms with E-state index in [0.29, 0.717) is 10.3 Å². The molecule has 180 valence electrons. The Hall–Kier alpha value is -3.64. The summed E-state index contributed by atoms with van der Waals surface area (Å²) in [6, 6.07) is 7.49. The Balaban J connectivity index is 1.15. The van der Waals surface area contributed by atoms with Crippen LogP contribution in [0.1, 0.15) is 34.0 Å². The topological polar surface area (TPSA) is 127 Å². The van der Waals surface area contributed by atoms with Crippen LogP contribution in [0, 0.1) is 0 Å². The predicted octanol–water partition coefficient (Wildman–Crippen LogP) is 2.54. The average molecular weight is 510 g/mol. The first-order chi connectivity index (χ1) is 17.0. The van der Waals surface area contributed by atoms with Crippen molar-refractivity contribution in [1.82, 2.24) is 25.4 Å². The van der Waals surface area contributed by atoms with E-state index in [1.54, 1.807) is 18.5 Å². The number of carbonyl (C=O) groups excluding carboxylic acids is 2. The highest BCUT2D eigenvalue weighted by atomic mass is 32.1. The lowest BCUT2D eigenvalue weighted by molar-refractivity contribution is -0.671. The molecule has 0 saturated heterocycles. The van der Waals surface area contributed by atoms with Crippen molar-refractivity contribution in [3.05, 3.63) is 70.2 Å². The van der Waals surface area contributed by atoms with Crippen LogP contribution in [0.3, 0.4) is 0 Å². The molecule has 4 aromatic heterocycles. The summed E-state index contributed by atoms with van der Waals surface area (Å²) in [5.74, 6) is -0.254. The highest BCUT2D eigenvalue weighted by Crippen LogP contribution is 2.20. The van der Waals surface area contributed by atoms with Crippen molar-refractivity contribution in [2.45, 2.75) is 38.5 Å². The Morgan fingerprint density at radius 2 is 1.46 bits per heavy atom. The lowest BCUT2D eigenvalue weighted by Crippen LogP contribution is -2.27. The fourth-order valence-corrected chi connectivity index (χ4v) is 4.91. The molecule has 2 amide bonds. The fraction of sp³-hybridized carbons (Fsp3) is 0.304. The molecule has 4 heterocycles. The highest BCUT2D eigenvalue weighted by molar-refractivity contribution is 7.15. The van der Waals surface area contributed by atoms with Crippen LogP contribution in [0.15, 0.2) is 49.1 Å². The largest absolute Gasteiger partial charge is 0.300 e. The number of amides is 2. The number of anilines is 2. The van der Waals surface area contributed by atoms with Gasteiger partial charge in [0.15, 0.2) is 12.4 Å². The van der Waals surface area contributed by atoms with Gasteiger partial charge < -0.3 is 10.6 Å². The van der Waals surface area contributed by atoms with Gasteiger partial charge in [0, 0.05) is 36.9 Å². The van der Waals surface area contributed by atoms with Gasteiger partial charge in [0.2, 0.25) is 22.1 Å². The molecule has 0 fully saturated rings. The molecule has 4 aromatic rings. The molecular weight excluding hydrogens is 484 g/mol. The number of aromatic nitrogens is 6. The normalized spacial score (nSPS) is 10.8. The molecule has 0 bridgehead atoms. The van der Waals surface area contributed by atoms with Crippen LogP contribution in [-0.4, -0.2) is 37.2 Å². The van der Waals surface area contributed by atoms with Gasteiger partial charge in [-0.15, -0.1) is 20.4 Å². The van der Waals surface area contributed by atoms with Crippen LogP contribution in [0.2, 0.25) is 0 Å². The number of nitrogens with zero attached hydrogens (tertiary/aromatic N) is 6. The molecule has 2 N–H and O–H groups in total. The number of hydrogen-bond donors (Lipinski definition) is 2. The predicted molar refractivity (Wildman–Crippen MR) is 133 cm³/mol. The van der Waals surface area contributed by atoms with Gasteiger partial charge in [0.25, 0.3) is 0 Å². The first-order valence-corrected chi connectivity index (χ1v) is 12.7. The van der Waals surface area contributed by atoms with E-state index >= 15 is 0 Å². The van der Waals surface area contributed by atoms with Gasteiger partial charge in [-0.1, -0.05) is 28.7 Å². The second kappa shape index (κ2) is 12.2. The number of carbonyl (C=O) groups is 2. The van der Waals surface area contributed by atoms with E-state index in [1.165, 1.54) is 22.7 Å². The van der Waals surface area contributed by atoms with Crippen molar-refractivity contribution < 1.29 is 14.2 Å². The molecule has 10 nitrogen and oxygen atoms in total. The van der Waals surface area contributed by atoms with E-state index in [2.05, 4.69) is 36.0 Å². The molecule has 0 aliphatic heterocycles. The van der Waals surface area contributed by atoms with Crippen LogP contribution in [-0.2, 0) is 42.3 Å². The first kappa shape index (κ1) is 24.5. The maximum absolute atomic E-state index is 12.3. The second-order valence-corrected chi connectivity index (χ2v) is 10.0. The minimum Gasteiger partial charge on any atom is -0.300 e. The number of aryl methyl sites for hydroxylation is 3. The van der Waals surface area contributed by atoms with Crippen molar-refractivity contribution in [2.24, 2.45) is 7.05 Å². The minimum absolute atomic E-state index is 0.112. The molecule has 0 radical (unpaired) electrons. The van der Waals surface area contributed by atoms with Gasteiger partial charge in [0.05, 0.1) is 12.8 Å². The van der Waals surface area contributed by atoms with Gasteiger partial charge in [-0.2, -0.15) is 0 Å². The summed E-state index contributed by atoms with van der Waals surface area (Å²) in [5.41, 5.74) is 1.78. The van der Waals surface area contributed by atoms with Gasteiger partial charge in [-0.05, 0) is 30.5 Å². The van der Waals surface area contributed by atoms with Crippen molar-refractivity contribution in [3.63, 3.8) is 0 Å². The minimum atomic E-state index is -0.141. The average Bonchev–Trinajstić information content (AvgIpc) is 3.46. The Bertz CT molecular complexity index is 1280. The van der Waals surface area contributed by atoms with E-state index in [0.717, 1.165) is 46.8 Å². The molecule has 0 saturated carbocycles. The summed E-state index contributed by atoms with van der Waals surface area (Å²) in [6.45, 7) is 0. The molecule has 0 spiro atoms. The summed E-state index contributed by atoms with van der Waals surface area (Å²) in [7, 11) is 1.92. The van der Waals surface area contributed by atoms with E-state index in [9.17, 15) is 9.59 Å². The molecule has 0 atom stereocenters. The molecule has 0 aromatic carbocycles. The Morgan fingerprint density at radius 1 is 0.857 bits per heavy atom. The SMILES string of the molecule is C[n+]1cccc(CC(=O)Nc2nnc(CCCCc3nnc(NC(=O)Cc4cccnc4)s3)s2)c1. The Kier molecular flexibility index (Phi) is 8.52. The number of rotatable bonds is 11. The lowest BCUT2D eigenvalue weighted by Gasteiger charge is -2.00. The van der Waals surface area contributed by atoms with Gasteiger partial charge >= 0.3 is 0 Å². The molecule has 12 heteroatoms. The second-order valence-electron chi connectivity index (χ2n) is 7.90. The maximum atomic E-state index is 12.3. The highest BCUT2D eigenvalue weighted by Gasteiger charge is 2.12. The summed E-state index contributed by atoms with van der Waals surface area (Å²) in [6.07, 6.45) is 11.1. The third kappa shape index (κ3) is 7.97. The van der Waals surface area contributed by atoms with E-state index in [-0.39, 0.29) is 24.7 Å². The molecule has 0 aliphatic rings. The number of nitrogens with one attached hydrogen (secondary N) is 2. The third-order valence-corrected chi connectivity index (χ3v) is 6.71. The molecule has 0 unspecified atom stereocenters. The third-order valence-electron chi connectivity index (χ3n) is 4.91. The van der Waals surface area contributed by atoms with Crippen LogP contribution in [0.5, 0.6) is 0 Å². The van der Waals surface area contributed by atoms with Crippen LogP contribution in [0.4, 0.5) is 10.3 Å². The zero-order chi connectivity index (χ0) is 24.5. The number of unbranched alkanes of at least 4 members (excludes halogenated alkanes) is 1. The van der Waals surface area contributed by atoms with E-state index in [4.69, 9.17) is 0 Å². The monoisotopic (exact) mass is 509 g/mol. The van der Waals surface area contributed by atoms with Crippen molar-refractivity contribution in [3.8, 4) is 0 Å². The van der Waals surface area contributed by atoms with Crippen LogP contribution in [0.25, 0.3) is 0 Å². The van der Waals surface area contributed by atoms with E-state index in [1.807, 2.05) is 42.2 Å². The zero-order valence-electron chi connectivity index (χ0n) is 19.2. The fourth-order valence-electron chi connectivity index (χ4n) is 3.32. The van der Waals surface area contributed by atoms with Gasteiger partial charge in [-0.25, -0.2) is 4.57 Å². The standard InChI is InChI=1S/C23H24N8O2S2/c1-31-11-5-7-17(15-31)13-19(33)26-23-30-28-21(35-23)9-3-2-8-20-27-29-22(34-20)25-18(32)12-16-6-4-10-24-14-16/h4-7,10-11,14-15H,2-3,8-9,12-13H2,1H3,(H-,25,26,29,30,32,33)/p+1. The molecule has 35 heavy (non-hydrogen) atoms. The molecule has 0 aliphatic carbocycles. The van der Waals surface area contributed by atoms with Gasteiger partial charge in [0.1, 0.15) is 17.1 Å². The number of pyridine rings is 2. The summed E-state index contributed by atoms with van der Waals surface area (Å²) < 4.78 is 1.91. The van der Waals surface area contributed by atoms with Crippen LogP contribution >= 0.6 is 22.7 Å². The van der Waals surface area contributed by atoms with Crippen molar-refractivity contribution >= 4 is 44.8 Å². The van der Waals surface area contributed by atoms with Crippen molar-refractivity contribution in [2.75, 3.05) is 10.6 Å². The quantitative estimate of drug-likeness (QED) is 0.235. The molecular formula is C23H25N8O2S2+. The Morgan fingerprint density at radius 3 is 2.03 bits per heavy atom. The first-order valence-electron chi connectivity index (χ1n) is 11.1. The smallest absolute Gasteiger partial charge is 0.230 e. The number of hydrogen-bond acceptors (Lipinski definition) is 9. The maximum Gasteiger partial charge on any atom is 0.230 e. The lowest BCUT2D eigenvalue weighted by atomic mass is 10.2. The summed E-state index contributed by atoms with van der Waals surface area (Å²) in [5, 5.41) is 24.9. The van der Waals surface area contributed by atoms with Crippen LogP contribution < -0.4 is 15.2 Å². The summed E-state index contributed by atoms with van der Waals surface area (Å²) >= 11 is 2.78. The van der Waals surface area contributed by atoms with Gasteiger partial charge in [-0.3, -0.25) is 14.6 Å². The molecule has 4 rings (SSSR count). The Labute approximate surface area is 210 Å².